The van der Waals surface area contributed by atoms with Crippen molar-refractivity contribution in [2.24, 2.45) is 0 Å². The molecule has 19 heavy (non-hydrogen) atoms. The van der Waals surface area contributed by atoms with E-state index in [4.69, 9.17) is 9.47 Å². The molecule has 1 aromatic carbocycles. The fourth-order valence-electron chi connectivity index (χ4n) is 1.65. The van der Waals surface area contributed by atoms with E-state index in [-0.39, 0.29) is 0 Å². The summed E-state index contributed by atoms with van der Waals surface area (Å²) in [6.07, 6.45) is 2.65. The molecule has 0 amide bonds. The van der Waals surface area contributed by atoms with Gasteiger partial charge in [-0.1, -0.05) is 12.1 Å². The maximum Gasteiger partial charge on any atom is 0.161 e. The van der Waals surface area contributed by atoms with E-state index in [9.17, 15) is 4.21 Å². The first kappa shape index (κ1) is 16.0. The molecule has 0 aromatic heterocycles. The van der Waals surface area contributed by atoms with E-state index in [1.807, 2.05) is 24.3 Å². The number of para-hydroxylation sites is 2. The van der Waals surface area contributed by atoms with Gasteiger partial charge in [-0.3, -0.25) is 4.21 Å². The van der Waals surface area contributed by atoms with Gasteiger partial charge in [-0.2, -0.15) is 0 Å². The molecule has 1 N–H and O–H groups in total. The van der Waals surface area contributed by atoms with Crippen molar-refractivity contribution >= 4 is 10.8 Å². The highest BCUT2D eigenvalue weighted by atomic mass is 32.2. The van der Waals surface area contributed by atoms with Crippen LogP contribution in [0.1, 0.15) is 13.3 Å². The van der Waals surface area contributed by atoms with Gasteiger partial charge in [0.2, 0.25) is 0 Å². The van der Waals surface area contributed by atoms with Crippen LogP contribution in [0.25, 0.3) is 0 Å². The molecule has 0 radical (unpaired) electrons. The molecule has 108 valence electrons. The summed E-state index contributed by atoms with van der Waals surface area (Å²) < 4.78 is 21.8. The predicted octanol–water partition coefficient (Wildman–Crippen LogP) is 1.82. The van der Waals surface area contributed by atoms with Gasteiger partial charge >= 0.3 is 0 Å². The third kappa shape index (κ3) is 6.59. The van der Waals surface area contributed by atoms with Gasteiger partial charge in [-0.05, 0) is 25.5 Å². The molecule has 0 saturated heterocycles. The van der Waals surface area contributed by atoms with Gasteiger partial charge in [0.05, 0.1) is 7.11 Å². The molecular weight excluding hydrogens is 262 g/mol. The predicted molar refractivity (Wildman–Crippen MR) is 79.5 cm³/mol. The van der Waals surface area contributed by atoms with Gasteiger partial charge in [0.25, 0.3) is 0 Å². The summed E-state index contributed by atoms with van der Waals surface area (Å²) >= 11 is 0. The van der Waals surface area contributed by atoms with Gasteiger partial charge in [0, 0.05) is 35.4 Å². The molecule has 0 spiro atoms. The maximum absolute atomic E-state index is 11.0. The summed E-state index contributed by atoms with van der Waals surface area (Å²) in [5.74, 6) is 2.24. The van der Waals surface area contributed by atoms with Crippen LogP contribution < -0.4 is 14.8 Å². The second-order valence-corrected chi connectivity index (χ2v) is 5.98. The molecule has 5 heteroatoms. The SMILES string of the molecule is COc1ccccc1OCCNC(C)CCS(C)=O. The van der Waals surface area contributed by atoms with Crippen LogP contribution in [0.2, 0.25) is 0 Å². The van der Waals surface area contributed by atoms with E-state index in [0.717, 1.165) is 30.2 Å². The Balaban J connectivity index is 2.21. The maximum atomic E-state index is 11.0. The van der Waals surface area contributed by atoms with Gasteiger partial charge in [0.15, 0.2) is 11.5 Å². The zero-order valence-electron chi connectivity index (χ0n) is 11.8. The smallest absolute Gasteiger partial charge is 0.161 e. The number of hydrogen-bond donors (Lipinski definition) is 1. The monoisotopic (exact) mass is 285 g/mol. The molecule has 2 atom stereocenters. The van der Waals surface area contributed by atoms with Crippen molar-refractivity contribution in [3.63, 3.8) is 0 Å². The lowest BCUT2D eigenvalue weighted by Gasteiger charge is -2.14. The minimum Gasteiger partial charge on any atom is -0.493 e. The van der Waals surface area contributed by atoms with Crippen LogP contribution in [0.5, 0.6) is 11.5 Å². The highest BCUT2D eigenvalue weighted by molar-refractivity contribution is 7.84. The average Bonchev–Trinajstić information content (AvgIpc) is 2.41. The van der Waals surface area contributed by atoms with Crippen LogP contribution in [0.15, 0.2) is 24.3 Å². The molecule has 0 bridgehead atoms. The third-order valence-electron chi connectivity index (χ3n) is 2.76. The second-order valence-electron chi connectivity index (χ2n) is 4.42. The highest BCUT2D eigenvalue weighted by Gasteiger charge is 2.04. The second kappa shape index (κ2) is 8.93. The fraction of sp³-hybridized carbons (Fsp3) is 0.571. The first-order valence-electron chi connectivity index (χ1n) is 6.42. The van der Waals surface area contributed by atoms with E-state index in [1.54, 1.807) is 13.4 Å². The average molecular weight is 285 g/mol. The van der Waals surface area contributed by atoms with Crippen LogP contribution in [-0.4, -0.2) is 42.5 Å². The molecule has 4 nitrogen and oxygen atoms in total. The lowest BCUT2D eigenvalue weighted by atomic mass is 10.2. The number of methoxy groups -OCH3 is 1. The van der Waals surface area contributed by atoms with E-state index in [1.165, 1.54) is 0 Å². The normalized spacial score (nSPS) is 13.8. The van der Waals surface area contributed by atoms with Crippen molar-refractivity contribution in [1.29, 1.82) is 0 Å². The first-order valence-corrected chi connectivity index (χ1v) is 8.15. The molecule has 0 saturated carbocycles. The zero-order valence-corrected chi connectivity index (χ0v) is 12.7. The summed E-state index contributed by atoms with van der Waals surface area (Å²) in [6, 6.07) is 7.95. The van der Waals surface area contributed by atoms with E-state index in [2.05, 4.69) is 12.2 Å². The molecule has 1 rings (SSSR count). The minimum absolute atomic E-state index is 0.352. The molecule has 0 aliphatic rings. The van der Waals surface area contributed by atoms with Crippen molar-refractivity contribution in [1.82, 2.24) is 5.32 Å². The van der Waals surface area contributed by atoms with Crippen molar-refractivity contribution in [2.75, 3.05) is 32.3 Å². The third-order valence-corrected chi connectivity index (χ3v) is 3.57. The number of rotatable bonds is 9. The summed E-state index contributed by atoms with van der Waals surface area (Å²) in [4.78, 5) is 0. The topological polar surface area (TPSA) is 47.6 Å². The summed E-state index contributed by atoms with van der Waals surface area (Å²) in [7, 11) is 0.917. The summed E-state index contributed by atoms with van der Waals surface area (Å²) in [6.45, 7) is 3.44. The lowest BCUT2D eigenvalue weighted by Crippen LogP contribution is -2.31. The Bertz CT molecular complexity index is 398. The van der Waals surface area contributed by atoms with Crippen LogP contribution in [-0.2, 0) is 10.8 Å². The van der Waals surface area contributed by atoms with Gasteiger partial charge in [0.1, 0.15) is 6.61 Å². The molecule has 0 fully saturated rings. The number of ether oxygens (including phenoxy) is 2. The molecule has 0 aliphatic carbocycles. The summed E-state index contributed by atoms with van der Waals surface area (Å²) in [5, 5.41) is 3.35. The van der Waals surface area contributed by atoms with E-state index >= 15 is 0 Å². The Kier molecular flexibility index (Phi) is 7.52. The van der Waals surface area contributed by atoms with Crippen LogP contribution in [0.4, 0.5) is 0 Å². The Hall–Kier alpha value is -1.07. The Labute approximate surface area is 118 Å². The first-order chi connectivity index (χ1) is 9.13. The number of hydrogen-bond acceptors (Lipinski definition) is 4. The molecule has 2 unspecified atom stereocenters. The number of benzene rings is 1. The minimum atomic E-state index is -0.715. The Morgan fingerprint density at radius 1 is 1.32 bits per heavy atom. The van der Waals surface area contributed by atoms with Gasteiger partial charge in [-0.15, -0.1) is 0 Å². The quantitative estimate of drug-likeness (QED) is 0.703. The van der Waals surface area contributed by atoms with Crippen molar-refractivity contribution in [3.05, 3.63) is 24.3 Å². The summed E-state index contributed by atoms with van der Waals surface area (Å²) in [5.41, 5.74) is 0. The zero-order chi connectivity index (χ0) is 14.1. The van der Waals surface area contributed by atoms with Gasteiger partial charge < -0.3 is 14.8 Å². The van der Waals surface area contributed by atoms with Crippen LogP contribution in [0.3, 0.4) is 0 Å². The highest BCUT2D eigenvalue weighted by Crippen LogP contribution is 2.25. The van der Waals surface area contributed by atoms with Crippen molar-refractivity contribution in [2.45, 2.75) is 19.4 Å². The molecular formula is C14H23NO3S. The largest absolute Gasteiger partial charge is 0.493 e. The van der Waals surface area contributed by atoms with Crippen LogP contribution in [0, 0.1) is 0 Å². The van der Waals surface area contributed by atoms with Crippen LogP contribution >= 0.6 is 0 Å². The lowest BCUT2D eigenvalue weighted by molar-refractivity contribution is 0.287. The van der Waals surface area contributed by atoms with E-state index < -0.39 is 10.8 Å². The standard InChI is InChI=1S/C14H23NO3S/c1-12(8-11-19(3)16)15-9-10-18-14-7-5-4-6-13(14)17-2/h4-7,12,15H,8-11H2,1-3H3. The number of nitrogens with one attached hydrogen (secondary N) is 1. The van der Waals surface area contributed by atoms with Crippen molar-refractivity contribution in [3.8, 4) is 11.5 Å². The Morgan fingerprint density at radius 2 is 2.00 bits per heavy atom. The van der Waals surface area contributed by atoms with Gasteiger partial charge in [-0.25, -0.2) is 0 Å². The molecule has 1 aromatic rings. The fourth-order valence-corrected chi connectivity index (χ4v) is 2.33. The Morgan fingerprint density at radius 3 is 2.63 bits per heavy atom. The molecule has 0 aliphatic heterocycles. The molecule has 0 heterocycles. The van der Waals surface area contributed by atoms with Crippen molar-refractivity contribution < 1.29 is 13.7 Å². The van der Waals surface area contributed by atoms with E-state index in [0.29, 0.717) is 12.6 Å².